The Morgan fingerprint density at radius 2 is 1.29 bits per heavy atom. The summed E-state index contributed by atoms with van der Waals surface area (Å²) in [6, 6.07) is 7.85. The number of Topliss-reactive ketones (excluding diaryl/α,β-unsaturated/α-hetero) is 2. The summed E-state index contributed by atoms with van der Waals surface area (Å²) in [7, 11) is 0. The standard InChI is InChI=1S/C12H10O2/c13-11-9-5-6-10(12(11)14)8-4-2-1-3-7(8)9/h1-4,9-10H,5-6H2. The fraction of sp³-hybridized carbons (Fsp3) is 0.333. The molecule has 0 amide bonds. The number of hydrogen-bond donors (Lipinski definition) is 0. The third-order valence-corrected chi connectivity index (χ3v) is 3.37. The first-order valence-electron chi connectivity index (χ1n) is 4.96. The Labute approximate surface area is 81.9 Å². The summed E-state index contributed by atoms with van der Waals surface area (Å²) in [6.45, 7) is 0. The summed E-state index contributed by atoms with van der Waals surface area (Å²) in [5, 5.41) is 0. The fourth-order valence-corrected chi connectivity index (χ4v) is 2.68. The van der Waals surface area contributed by atoms with Crippen LogP contribution < -0.4 is 0 Å². The van der Waals surface area contributed by atoms with Crippen LogP contribution in [0.25, 0.3) is 0 Å². The zero-order valence-corrected chi connectivity index (χ0v) is 7.69. The first-order valence-corrected chi connectivity index (χ1v) is 4.96. The molecule has 0 aliphatic heterocycles. The summed E-state index contributed by atoms with van der Waals surface area (Å²) >= 11 is 0. The lowest BCUT2D eigenvalue weighted by Gasteiger charge is -2.35. The van der Waals surface area contributed by atoms with E-state index in [1.54, 1.807) is 0 Å². The van der Waals surface area contributed by atoms with E-state index in [-0.39, 0.29) is 23.4 Å². The second-order valence-electron chi connectivity index (χ2n) is 4.04. The van der Waals surface area contributed by atoms with Gasteiger partial charge in [0.15, 0.2) is 0 Å². The molecule has 14 heavy (non-hydrogen) atoms. The van der Waals surface area contributed by atoms with Gasteiger partial charge in [-0.15, -0.1) is 0 Å². The van der Waals surface area contributed by atoms with E-state index in [2.05, 4.69) is 0 Å². The van der Waals surface area contributed by atoms with Crippen molar-refractivity contribution in [1.29, 1.82) is 0 Å². The molecule has 0 radical (unpaired) electrons. The van der Waals surface area contributed by atoms with E-state index < -0.39 is 0 Å². The van der Waals surface area contributed by atoms with Crippen molar-refractivity contribution < 1.29 is 9.59 Å². The van der Waals surface area contributed by atoms with Gasteiger partial charge in [-0.25, -0.2) is 0 Å². The molecular formula is C12H10O2. The Morgan fingerprint density at radius 1 is 0.857 bits per heavy atom. The van der Waals surface area contributed by atoms with Gasteiger partial charge in [-0.05, 0) is 24.0 Å². The van der Waals surface area contributed by atoms with Gasteiger partial charge in [0.05, 0.1) is 11.8 Å². The van der Waals surface area contributed by atoms with Crippen molar-refractivity contribution in [3.63, 3.8) is 0 Å². The van der Waals surface area contributed by atoms with Crippen molar-refractivity contribution in [2.45, 2.75) is 24.7 Å². The van der Waals surface area contributed by atoms with Crippen LogP contribution in [0.3, 0.4) is 0 Å². The summed E-state index contributed by atoms with van der Waals surface area (Å²) < 4.78 is 0. The van der Waals surface area contributed by atoms with Crippen LogP contribution in [0.2, 0.25) is 0 Å². The van der Waals surface area contributed by atoms with Gasteiger partial charge >= 0.3 is 0 Å². The van der Waals surface area contributed by atoms with Crippen molar-refractivity contribution in [1.82, 2.24) is 0 Å². The van der Waals surface area contributed by atoms with Crippen molar-refractivity contribution in [2.75, 3.05) is 0 Å². The van der Waals surface area contributed by atoms with Crippen LogP contribution >= 0.6 is 0 Å². The van der Waals surface area contributed by atoms with Crippen LogP contribution in [-0.4, -0.2) is 11.6 Å². The maximum absolute atomic E-state index is 11.6. The molecule has 1 saturated carbocycles. The third-order valence-electron chi connectivity index (χ3n) is 3.37. The second-order valence-corrected chi connectivity index (χ2v) is 4.04. The van der Waals surface area contributed by atoms with Crippen molar-refractivity contribution >= 4 is 11.6 Å². The van der Waals surface area contributed by atoms with E-state index in [1.807, 2.05) is 24.3 Å². The molecule has 1 aromatic carbocycles. The van der Waals surface area contributed by atoms with Crippen LogP contribution in [0.4, 0.5) is 0 Å². The van der Waals surface area contributed by atoms with E-state index in [4.69, 9.17) is 0 Å². The third kappa shape index (κ3) is 0.808. The second kappa shape index (κ2) is 2.53. The van der Waals surface area contributed by atoms with Crippen LogP contribution in [0.15, 0.2) is 24.3 Å². The number of ketones is 2. The molecule has 2 bridgehead atoms. The molecular weight excluding hydrogens is 176 g/mol. The molecule has 0 heterocycles. The topological polar surface area (TPSA) is 34.1 Å². The number of carbonyl (C=O) groups is 2. The highest BCUT2D eigenvalue weighted by Crippen LogP contribution is 2.45. The lowest BCUT2D eigenvalue weighted by molar-refractivity contribution is -0.141. The average molecular weight is 186 g/mol. The highest BCUT2D eigenvalue weighted by Gasteiger charge is 2.44. The molecule has 3 aliphatic carbocycles. The zero-order valence-electron chi connectivity index (χ0n) is 7.69. The molecule has 0 saturated heterocycles. The largest absolute Gasteiger partial charge is 0.290 e. The van der Waals surface area contributed by atoms with E-state index in [0.717, 1.165) is 24.0 Å². The number of hydrogen-bond acceptors (Lipinski definition) is 2. The Balaban J connectivity index is 2.27. The van der Waals surface area contributed by atoms with Crippen LogP contribution in [-0.2, 0) is 9.59 Å². The smallest absolute Gasteiger partial charge is 0.206 e. The minimum Gasteiger partial charge on any atom is -0.290 e. The SMILES string of the molecule is O=C1C(=O)C2CCC1c1ccccc12. The molecule has 2 heteroatoms. The number of carbonyl (C=O) groups excluding carboxylic acids is 2. The maximum Gasteiger partial charge on any atom is 0.206 e. The highest BCUT2D eigenvalue weighted by atomic mass is 16.2. The van der Waals surface area contributed by atoms with Gasteiger partial charge < -0.3 is 0 Å². The monoisotopic (exact) mass is 186 g/mol. The quantitative estimate of drug-likeness (QED) is 0.579. The number of benzene rings is 1. The Kier molecular flexibility index (Phi) is 1.43. The van der Waals surface area contributed by atoms with E-state index in [0.29, 0.717) is 0 Å². The molecule has 1 fully saturated rings. The van der Waals surface area contributed by atoms with Gasteiger partial charge in [0.25, 0.3) is 0 Å². The Hall–Kier alpha value is -1.44. The van der Waals surface area contributed by atoms with Gasteiger partial charge in [0.1, 0.15) is 0 Å². The minimum absolute atomic E-state index is 0.135. The minimum atomic E-state index is -0.167. The molecule has 0 aromatic heterocycles. The van der Waals surface area contributed by atoms with Crippen LogP contribution in [0.1, 0.15) is 35.8 Å². The van der Waals surface area contributed by atoms with Gasteiger partial charge in [0.2, 0.25) is 11.6 Å². The highest BCUT2D eigenvalue weighted by molar-refractivity contribution is 6.43. The van der Waals surface area contributed by atoms with E-state index in [9.17, 15) is 9.59 Å². The van der Waals surface area contributed by atoms with Crippen molar-refractivity contribution in [3.05, 3.63) is 35.4 Å². The molecule has 0 N–H and O–H groups in total. The Bertz CT molecular complexity index is 393. The lowest BCUT2D eigenvalue weighted by Crippen LogP contribution is -2.38. The van der Waals surface area contributed by atoms with Gasteiger partial charge in [0, 0.05) is 0 Å². The van der Waals surface area contributed by atoms with E-state index >= 15 is 0 Å². The summed E-state index contributed by atoms with van der Waals surface area (Å²) in [5.41, 5.74) is 2.18. The predicted molar refractivity (Wildman–Crippen MR) is 51.2 cm³/mol. The van der Waals surface area contributed by atoms with Crippen LogP contribution in [0.5, 0.6) is 0 Å². The Morgan fingerprint density at radius 3 is 1.71 bits per heavy atom. The molecule has 2 unspecified atom stereocenters. The predicted octanol–water partition coefficient (Wildman–Crippen LogP) is 1.80. The molecule has 0 spiro atoms. The summed E-state index contributed by atoms with van der Waals surface area (Å²) in [5.74, 6) is -0.604. The number of fused-ring (bicyclic) bond motifs is 2. The maximum atomic E-state index is 11.6. The average Bonchev–Trinajstić information content (AvgIpc) is 2.24. The molecule has 4 rings (SSSR count). The van der Waals surface area contributed by atoms with Gasteiger partial charge in [-0.3, -0.25) is 9.59 Å². The molecule has 3 aliphatic rings. The van der Waals surface area contributed by atoms with Crippen molar-refractivity contribution in [3.8, 4) is 0 Å². The van der Waals surface area contributed by atoms with Crippen molar-refractivity contribution in [2.24, 2.45) is 0 Å². The summed E-state index contributed by atoms with van der Waals surface area (Å²) in [6.07, 6.45) is 1.71. The van der Waals surface area contributed by atoms with Crippen LogP contribution in [0, 0.1) is 0 Å². The zero-order chi connectivity index (χ0) is 9.71. The van der Waals surface area contributed by atoms with Gasteiger partial charge in [-0.1, -0.05) is 24.3 Å². The normalized spacial score (nSPS) is 29.1. The van der Waals surface area contributed by atoms with Gasteiger partial charge in [-0.2, -0.15) is 0 Å². The molecule has 2 nitrogen and oxygen atoms in total. The molecule has 2 atom stereocenters. The van der Waals surface area contributed by atoms with E-state index in [1.165, 1.54) is 0 Å². The lowest BCUT2D eigenvalue weighted by atomic mass is 9.66. The molecule has 1 aromatic rings. The fourth-order valence-electron chi connectivity index (χ4n) is 2.68. The molecule has 70 valence electrons. The first kappa shape index (κ1) is 7.92. The number of rotatable bonds is 0. The summed E-state index contributed by atoms with van der Waals surface area (Å²) in [4.78, 5) is 23.2. The first-order chi connectivity index (χ1) is 6.79.